The van der Waals surface area contributed by atoms with Crippen LogP contribution in [0.2, 0.25) is 0 Å². The van der Waals surface area contributed by atoms with Crippen molar-refractivity contribution in [2.24, 2.45) is 0 Å². The van der Waals surface area contributed by atoms with Crippen LogP contribution in [0, 0.1) is 0 Å². The van der Waals surface area contributed by atoms with Gasteiger partial charge < -0.3 is 15.6 Å². The Morgan fingerprint density at radius 3 is 2.93 bits per heavy atom. The molecule has 1 saturated heterocycles. The van der Waals surface area contributed by atoms with Crippen molar-refractivity contribution < 1.29 is 9.59 Å². The van der Waals surface area contributed by atoms with E-state index in [9.17, 15) is 9.59 Å². The molecular weight excluding hydrogens is 384 g/mol. The Morgan fingerprint density at radius 2 is 2.10 bits per heavy atom. The van der Waals surface area contributed by atoms with Crippen LogP contribution in [0.3, 0.4) is 0 Å². The number of aromatic nitrogens is 5. The van der Waals surface area contributed by atoms with Crippen LogP contribution in [0.25, 0.3) is 5.65 Å². The lowest BCUT2D eigenvalue weighted by atomic mass is 10.1. The van der Waals surface area contributed by atoms with Crippen molar-refractivity contribution in [2.45, 2.75) is 37.8 Å². The number of amides is 2. The number of rotatable bonds is 8. The molecule has 0 saturated carbocycles. The molecule has 0 unspecified atom stereocenters. The summed E-state index contributed by atoms with van der Waals surface area (Å²) in [5.41, 5.74) is 2.10. The van der Waals surface area contributed by atoms with Gasteiger partial charge in [0.25, 0.3) is 5.91 Å². The zero-order valence-corrected chi connectivity index (χ0v) is 16.9. The zero-order valence-electron chi connectivity index (χ0n) is 16.9. The summed E-state index contributed by atoms with van der Waals surface area (Å²) < 4.78 is 1.53. The second-order valence-electron chi connectivity index (χ2n) is 7.58. The van der Waals surface area contributed by atoms with Gasteiger partial charge in [0.05, 0.1) is 6.33 Å². The predicted molar refractivity (Wildman–Crippen MR) is 110 cm³/mol. The number of carbonyl (C=O) groups excluding carboxylic acids is 2. The van der Waals surface area contributed by atoms with Gasteiger partial charge in [0.15, 0.2) is 5.65 Å². The maximum absolute atomic E-state index is 12.6. The minimum atomic E-state index is -0.181. The lowest BCUT2D eigenvalue weighted by Crippen LogP contribution is -2.42. The number of aromatic amines is 1. The van der Waals surface area contributed by atoms with Gasteiger partial charge in [-0.2, -0.15) is 5.10 Å². The van der Waals surface area contributed by atoms with Crippen LogP contribution in [-0.2, 0) is 11.2 Å². The topological polar surface area (TPSA) is 120 Å². The van der Waals surface area contributed by atoms with Crippen LogP contribution in [0.1, 0.15) is 35.4 Å². The zero-order chi connectivity index (χ0) is 20.9. The molecule has 0 aromatic carbocycles. The van der Waals surface area contributed by atoms with Crippen molar-refractivity contribution >= 4 is 17.5 Å². The van der Waals surface area contributed by atoms with Crippen molar-refractivity contribution in [2.75, 3.05) is 20.1 Å². The third kappa shape index (κ3) is 4.48. The Kier molecular flexibility index (Phi) is 6.03. The lowest BCUT2D eigenvalue weighted by Gasteiger charge is -2.25. The SMILES string of the molecule is CN1[C@@H](CC(=O)NCCc2cnc[nH]2)CC[C@H]1CNC(=O)c1cccc2ncnn12. The van der Waals surface area contributed by atoms with Crippen LogP contribution in [0.5, 0.6) is 0 Å². The average molecular weight is 410 g/mol. The van der Waals surface area contributed by atoms with Gasteiger partial charge in [0.1, 0.15) is 12.0 Å². The van der Waals surface area contributed by atoms with Crippen molar-refractivity contribution in [1.29, 1.82) is 0 Å². The minimum absolute atomic E-state index is 0.0499. The van der Waals surface area contributed by atoms with E-state index in [4.69, 9.17) is 0 Å². The fourth-order valence-electron chi connectivity index (χ4n) is 3.95. The first-order valence-corrected chi connectivity index (χ1v) is 10.1. The molecule has 4 rings (SSSR count). The number of nitrogens with zero attached hydrogens (tertiary/aromatic N) is 5. The first kappa shape index (κ1) is 20.0. The molecule has 0 aliphatic carbocycles. The molecule has 1 aliphatic rings. The summed E-state index contributed by atoms with van der Waals surface area (Å²) in [5, 5.41) is 10.1. The number of nitrogens with one attached hydrogen (secondary N) is 3. The fourth-order valence-corrected chi connectivity index (χ4v) is 3.95. The van der Waals surface area contributed by atoms with Crippen LogP contribution in [0.15, 0.2) is 37.1 Å². The van der Waals surface area contributed by atoms with Crippen molar-refractivity contribution in [3.8, 4) is 0 Å². The Hall–Kier alpha value is -3.27. The number of likely N-dealkylation sites (N-methyl/N-ethyl adjacent to an activating group) is 1. The van der Waals surface area contributed by atoms with Gasteiger partial charge >= 0.3 is 0 Å². The number of H-pyrrole nitrogens is 1. The third-order valence-corrected chi connectivity index (χ3v) is 5.71. The Morgan fingerprint density at radius 1 is 1.23 bits per heavy atom. The quantitative estimate of drug-likeness (QED) is 0.494. The predicted octanol–water partition coefficient (Wildman–Crippen LogP) is 0.394. The van der Waals surface area contributed by atoms with E-state index < -0.39 is 0 Å². The van der Waals surface area contributed by atoms with Gasteiger partial charge in [-0.25, -0.2) is 14.5 Å². The van der Waals surface area contributed by atoms with Gasteiger partial charge in [-0.15, -0.1) is 0 Å². The van der Waals surface area contributed by atoms with E-state index in [1.165, 1.54) is 10.8 Å². The number of hydrogen-bond acceptors (Lipinski definition) is 6. The highest BCUT2D eigenvalue weighted by molar-refractivity contribution is 5.93. The van der Waals surface area contributed by atoms with Crippen LogP contribution in [0.4, 0.5) is 0 Å². The summed E-state index contributed by atoms with van der Waals surface area (Å²) in [5.74, 6) is -0.131. The summed E-state index contributed by atoms with van der Waals surface area (Å²) >= 11 is 0. The molecule has 0 bridgehead atoms. The highest BCUT2D eigenvalue weighted by Crippen LogP contribution is 2.24. The van der Waals surface area contributed by atoms with Gasteiger partial charge in [-0.1, -0.05) is 6.07 Å². The molecule has 2 amide bonds. The Bertz CT molecular complexity index is 999. The molecule has 1 aliphatic heterocycles. The van der Waals surface area contributed by atoms with E-state index >= 15 is 0 Å². The number of hydrogen-bond donors (Lipinski definition) is 3. The van der Waals surface area contributed by atoms with Crippen LogP contribution >= 0.6 is 0 Å². The molecule has 3 aromatic rings. The molecule has 0 spiro atoms. The van der Waals surface area contributed by atoms with Crippen molar-refractivity contribution in [3.05, 3.63) is 48.4 Å². The Balaban J connectivity index is 1.23. The monoisotopic (exact) mass is 410 g/mol. The molecular formula is C20H26N8O2. The van der Waals surface area contributed by atoms with E-state index in [0.717, 1.165) is 25.0 Å². The molecule has 2 atom stereocenters. The van der Waals surface area contributed by atoms with Gasteiger partial charge in [-0.3, -0.25) is 14.5 Å². The average Bonchev–Trinajstić information content (AvgIpc) is 3.49. The first-order chi connectivity index (χ1) is 14.6. The molecule has 4 heterocycles. The van der Waals surface area contributed by atoms with E-state index in [0.29, 0.717) is 30.9 Å². The smallest absolute Gasteiger partial charge is 0.270 e. The summed E-state index contributed by atoms with van der Waals surface area (Å²) in [6.07, 6.45) is 7.90. The fraction of sp³-hybridized carbons (Fsp3) is 0.450. The van der Waals surface area contributed by atoms with Crippen molar-refractivity contribution in [3.63, 3.8) is 0 Å². The van der Waals surface area contributed by atoms with Crippen LogP contribution < -0.4 is 10.6 Å². The summed E-state index contributed by atoms with van der Waals surface area (Å²) in [4.78, 5) is 38.2. The number of pyridine rings is 1. The molecule has 3 N–H and O–H groups in total. The standard InChI is InChI=1S/C20H26N8O2/c1-27-15(9-19(29)22-8-7-14-10-21-12-24-14)5-6-16(27)11-23-20(30)17-3-2-4-18-25-13-26-28(17)18/h2-4,10,12-13,15-16H,5-9,11H2,1H3,(H,21,24)(H,22,29)(H,23,30)/t15-,16+/m1/s1. The molecule has 158 valence electrons. The van der Waals surface area contributed by atoms with Gasteiger partial charge in [-0.05, 0) is 32.0 Å². The van der Waals surface area contributed by atoms with E-state index in [1.807, 2.05) is 7.05 Å². The number of likely N-dealkylation sites (tertiary alicyclic amines) is 1. The molecule has 30 heavy (non-hydrogen) atoms. The number of fused-ring (bicyclic) bond motifs is 1. The molecule has 1 fully saturated rings. The molecule has 3 aromatic heterocycles. The van der Waals surface area contributed by atoms with E-state index in [2.05, 4.69) is 35.6 Å². The second kappa shape index (κ2) is 9.04. The minimum Gasteiger partial charge on any atom is -0.356 e. The van der Waals surface area contributed by atoms with E-state index in [-0.39, 0.29) is 23.9 Å². The maximum Gasteiger partial charge on any atom is 0.270 e. The molecule has 10 heteroatoms. The van der Waals surface area contributed by atoms with E-state index in [1.54, 1.807) is 30.7 Å². The normalized spacial score (nSPS) is 19.2. The summed E-state index contributed by atoms with van der Waals surface area (Å²) in [7, 11) is 2.02. The molecule has 0 radical (unpaired) electrons. The lowest BCUT2D eigenvalue weighted by molar-refractivity contribution is -0.122. The second-order valence-corrected chi connectivity index (χ2v) is 7.58. The van der Waals surface area contributed by atoms with Gasteiger partial charge in [0, 0.05) is 49.9 Å². The van der Waals surface area contributed by atoms with Gasteiger partial charge in [0.2, 0.25) is 5.91 Å². The number of imidazole rings is 1. The highest BCUT2D eigenvalue weighted by Gasteiger charge is 2.32. The summed E-state index contributed by atoms with van der Waals surface area (Å²) in [6.45, 7) is 1.11. The number of carbonyl (C=O) groups is 2. The largest absolute Gasteiger partial charge is 0.356 e. The van der Waals surface area contributed by atoms with Crippen LogP contribution in [-0.4, -0.2) is 73.5 Å². The maximum atomic E-state index is 12.6. The first-order valence-electron chi connectivity index (χ1n) is 10.1. The summed E-state index contributed by atoms with van der Waals surface area (Å²) in [6, 6.07) is 5.71. The molecule has 10 nitrogen and oxygen atoms in total. The van der Waals surface area contributed by atoms with Crippen molar-refractivity contribution in [1.82, 2.24) is 40.1 Å². The third-order valence-electron chi connectivity index (χ3n) is 5.71. The highest BCUT2D eigenvalue weighted by atomic mass is 16.2. The Labute approximate surface area is 174 Å².